The lowest BCUT2D eigenvalue weighted by atomic mass is 10.1. The van der Waals surface area contributed by atoms with E-state index in [1.165, 1.54) is 18.4 Å². The van der Waals surface area contributed by atoms with Crippen molar-refractivity contribution in [2.24, 2.45) is 0 Å². The number of carbonyl (C=O) groups is 1. The first-order valence-electron chi connectivity index (χ1n) is 7.68. The Hall–Kier alpha value is -2.22. The summed E-state index contributed by atoms with van der Waals surface area (Å²) in [5.41, 5.74) is 2.33. The number of esters is 1. The van der Waals surface area contributed by atoms with Crippen LogP contribution in [0.25, 0.3) is 10.4 Å². The fraction of sp³-hybridized carbons (Fsp3) is 0.0526. The smallest absolute Gasteiger partial charge is 0.340 e. The van der Waals surface area contributed by atoms with Crippen LogP contribution in [0.15, 0.2) is 65.1 Å². The second-order valence-electron chi connectivity index (χ2n) is 5.30. The number of anilines is 2. The van der Waals surface area contributed by atoms with E-state index < -0.39 is 5.97 Å². The number of rotatable bonds is 4. The van der Waals surface area contributed by atoms with E-state index in [-0.39, 0.29) is 0 Å². The lowest BCUT2D eigenvalue weighted by Gasteiger charge is -2.10. The molecular formula is C19H15BrN2O2S2. The molecular weight excluding hydrogens is 432 g/mol. The number of carbonyl (C=O) groups excluding carboxylic acids is 1. The highest BCUT2D eigenvalue weighted by Crippen LogP contribution is 2.36. The van der Waals surface area contributed by atoms with Crippen LogP contribution in [-0.2, 0) is 4.74 Å². The molecule has 4 nitrogen and oxygen atoms in total. The van der Waals surface area contributed by atoms with Crippen LogP contribution in [0.4, 0.5) is 10.7 Å². The largest absolute Gasteiger partial charge is 0.465 e. The van der Waals surface area contributed by atoms with Crippen molar-refractivity contribution in [3.05, 3.63) is 70.7 Å². The van der Waals surface area contributed by atoms with Gasteiger partial charge in [-0.05, 0) is 42.0 Å². The normalized spacial score (nSPS) is 10.2. The molecule has 0 aliphatic rings. The van der Waals surface area contributed by atoms with Crippen molar-refractivity contribution in [3.8, 4) is 10.4 Å². The van der Waals surface area contributed by atoms with E-state index in [0.29, 0.717) is 15.7 Å². The maximum atomic E-state index is 12.1. The quantitative estimate of drug-likeness (QED) is 0.393. The van der Waals surface area contributed by atoms with Gasteiger partial charge in [-0.1, -0.05) is 52.3 Å². The minimum absolute atomic E-state index is 0.398. The third-order valence-corrected chi connectivity index (χ3v) is 5.30. The summed E-state index contributed by atoms with van der Waals surface area (Å²) in [7, 11) is 1.37. The molecule has 2 aromatic carbocycles. The highest BCUT2D eigenvalue weighted by atomic mass is 79.9. The highest BCUT2D eigenvalue weighted by molar-refractivity contribution is 9.10. The lowest BCUT2D eigenvalue weighted by Crippen LogP contribution is -2.19. The Bertz CT molecular complexity index is 942. The van der Waals surface area contributed by atoms with E-state index in [4.69, 9.17) is 17.0 Å². The number of halogens is 1. The minimum atomic E-state index is -0.406. The number of methoxy groups -OCH3 is 1. The van der Waals surface area contributed by atoms with Gasteiger partial charge in [-0.25, -0.2) is 4.79 Å². The second-order valence-corrected chi connectivity index (χ2v) is 7.68. The molecule has 0 fully saturated rings. The van der Waals surface area contributed by atoms with Gasteiger partial charge in [0, 0.05) is 15.0 Å². The zero-order chi connectivity index (χ0) is 18.5. The molecule has 3 aromatic rings. The molecule has 0 aliphatic heterocycles. The fourth-order valence-electron chi connectivity index (χ4n) is 2.32. The van der Waals surface area contributed by atoms with Crippen molar-refractivity contribution in [2.75, 3.05) is 17.7 Å². The predicted molar refractivity (Wildman–Crippen MR) is 115 cm³/mol. The molecule has 1 aromatic heterocycles. The summed E-state index contributed by atoms with van der Waals surface area (Å²) in [6, 6.07) is 19.3. The topological polar surface area (TPSA) is 50.4 Å². The van der Waals surface area contributed by atoms with E-state index in [9.17, 15) is 4.79 Å². The van der Waals surface area contributed by atoms with Gasteiger partial charge in [-0.15, -0.1) is 11.3 Å². The van der Waals surface area contributed by atoms with Crippen LogP contribution >= 0.6 is 39.5 Å². The number of hydrogen-bond acceptors (Lipinski definition) is 4. The standard InChI is InChI=1S/C19H15BrN2O2S2/c1-24-18(23)15-11-16(12-6-3-2-4-7-12)26-17(15)22-19(25)21-14-9-5-8-13(20)10-14/h2-11H,1H3,(H2,21,22,25). The maximum absolute atomic E-state index is 12.1. The molecule has 0 aliphatic carbocycles. The summed E-state index contributed by atoms with van der Waals surface area (Å²) in [5.74, 6) is -0.406. The summed E-state index contributed by atoms with van der Waals surface area (Å²) in [6.07, 6.45) is 0. The maximum Gasteiger partial charge on any atom is 0.340 e. The van der Waals surface area contributed by atoms with Crippen molar-refractivity contribution < 1.29 is 9.53 Å². The van der Waals surface area contributed by atoms with E-state index in [0.717, 1.165) is 20.6 Å². The zero-order valence-corrected chi connectivity index (χ0v) is 17.0. The Kier molecular flexibility index (Phi) is 6.03. The average molecular weight is 447 g/mol. The first-order chi connectivity index (χ1) is 12.6. The molecule has 132 valence electrons. The SMILES string of the molecule is COC(=O)c1cc(-c2ccccc2)sc1NC(=S)Nc1cccc(Br)c1. The van der Waals surface area contributed by atoms with Crippen LogP contribution in [0.1, 0.15) is 10.4 Å². The summed E-state index contributed by atoms with van der Waals surface area (Å²) in [5, 5.41) is 7.26. The number of thiophene rings is 1. The molecule has 0 spiro atoms. The number of thiocarbonyl (C=S) groups is 1. The predicted octanol–water partition coefficient (Wildman–Crippen LogP) is 5.77. The fourth-order valence-corrected chi connectivity index (χ4v) is 4.06. The van der Waals surface area contributed by atoms with Gasteiger partial charge in [0.15, 0.2) is 5.11 Å². The minimum Gasteiger partial charge on any atom is -0.465 e. The van der Waals surface area contributed by atoms with Gasteiger partial charge in [0.1, 0.15) is 5.00 Å². The van der Waals surface area contributed by atoms with E-state index in [1.54, 1.807) is 0 Å². The highest BCUT2D eigenvalue weighted by Gasteiger charge is 2.18. The third kappa shape index (κ3) is 4.49. The summed E-state index contributed by atoms with van der Waals surface area (Å²) in [6.45, 7) is 0. The van der Waals surface area contributed by atoms with Gasteiger partial charge in [-0.2, -0.15) is 0 Å². The van der Waals surface area contributed by atoms with E-state index >= 15 is 0 Å². The Morgan fingerprint density at radius 2 is 1.85 bits per heavy atom. The molecule has 0 saturated carbocycles. The third-order valence-electron chi connectivity index (χ3n) is 3.51. The molecule has 0 atom stereocenters. The first-order valence-corrected chi connectivity index (χ1v) is 9.69. The number of ether oxygens (including phenoxy) is 1. The molecule has 26 heavy (non-hydrogen) atoms. The molecule has 0 amide bonds. The monoisotopic (exact) mass is 446 g/mol. The number of nitrogens with one attached hydrogen (secondary N) is 2. The van der Waals surface area contributed by atoms with Crippen molar-refractivity contribution in [1.29, 1.82) is 0 Å². The second kappa shape index (κ2) is 8.44. The van der Waals surface area contributed by atoms with Crippen LogP contribution in [0.3, 0.4) is 0 Å². The summed E-state index contributed by atoms with van der Waals surface area (Å²) < 4.78 is 5.85. The number of benzene rings is 2. The van der Waals surface area contributed by atoms with Gasteiger partial charge in [0.05, 0.1) is 12.7 Å². The molecule has 7 heteroatoms. The van der Waals surface area contributed by atoms with Crippen LogP contribution in [-0.4, -0.2) is 18.2 Å². The average Bonchev–Trinajstić information content (AvgIpc) is 3.05. The van der Waals surface area contributed by atoms with Crippen molar-refractivity contribution in [1.82, 2.24) is 0 Å². The Labute approximate surface area is 169 Å². The molecule has 2 N–H and O–H groups in total. The molecule has 1 heterocycles. The summed E-state index contributed by atoms with van der Waals surface area (Å²) in [4.78, 5) is 13.1. The Balaban J connectivity index is 1.84. The van der Waals surface area contributed by atoms with Gasteiger partial charge in [0.2, 0.25) is 0 Å². The van der Waals surface area contributed by atoms with Crippen LogP contribution in [0, 0.1) is 0 Å². The molecule has 0 unspecified atom stereocenters. The number of hydrogen-bond donors (Lipinski definition) is 2. The van der Waals surface area contributed by atoms with Gasteiger partial charge in [-0.3, -0.25) is 0 Å². The zero-order valence-electron chi connectivity index (χ0n) is 13.8. The van der Waals surface area contributed by atoms with Crippen LogP contribution < -0.4 is 10.6 Å². The first kappa shape index (κ1) is 18.6. The molecule has 0 saturated heterocycles. The van der Waals surface area contributed by atoms with Crippen molar-refractivity contribution >= 4 is 61.3 Å². The Morgan fingerprint density at radius 1 is 1.08 bits per heavy atom. The molecule has 0 radical (unpaired) electrons. The lowest BCUT2D eigenvalue weighted by molar-refractivity contribution is 0.0602. The molecule has 0 bridgehead atoms. The van der Waals surface area contributed by atoms with Gasteiger partial charge < -0.3 is 15.4 Å². The van der Waals surface area contributed by atoms with Gasteiger partial charge in [0.25, 0.3) is 0 Å². The van der Waals surface area contributed by atoms with Gasteiger partial charge >= 0.3 is 5.97 Å². The van der Waals surface area contributed by atoms with Crippen molar-refractivity contribution in [2.45, 2.75) is 0 Å². The van der Waals surface area contributed by atoms with Crippen LogP contribution in [0.5, 0.6) is 0 Å². The summed E-state index contributed by atoms with van der Waals surface area (Å²) >= 11 is 10.3. The van der Waals surface area contributed by atoms with Crippen LogP contribution in [0.2, 0.25) is 0 Å². The Morgan fingerprint density at radius 3 is 2.54 bits per heavy atom. The van der Waals surface area contributed by atoms with E-state index in [2.05, 4.69) is 26.6 Å². The van der Waals surface area contributed by atoms with Crippen molar-refractivity contribution in [3.63, 3.8) is 0 Å². The molecule has 3 rings (SSSR count). The van der Waals surface area contributed by atoms with E-state index in [1.807, 2.05) is 60.7 Å².